The molecule has 0 unspecified atom stereocenters. The molecule has 0 saturated carbocycles. The van der Waals surface area contributed by atoms with E-state index in [1.807, 2.05) is 25.5 Å². The lowest BCUT2D eigenvalue weighted by Gasteiger charge is -2.08. The molecule has 0 aliphatic rings. The molecule has 2 aromatic heterocycles. The van der Waals surface area contributed by atoms with Gasteiger partial charge < -0.3 is 9.84 Å². The van der Waals surface area contributed by atoms with E-state index in [9.17, 15) is 0 Å². The van der Waals surface area contributed by atoms with Crippen molar-refractivity contribution < 1.29 is 4.52 Å². The van der Waals surface area contributed by atoms with Crippen LogP contribution in [0, 0.1) is 13.8 Å². The van der Waals surface area contributed by atoms with Crippen LogP contribution in [0.15, 0.2) is 4.52 Å². The van der Waals surface area contributed by atoms with Crippen molar-refractivity contribution in [3.05, 3.63) is 28.7 Å². The van der Waals surface area contributed by atoms with E-state index in [0.29, 0.717) is 18.5 Å². The van der Waals surface area contributed by atoms with Crippen LogP contribution in [0.25, 0.3) is 0 Å². The summed E-state index contributed by atoms with van der Waals surface area (Å²) in [7, 11) is 0. The van der Waals surface area contributed by atoms with Gasteiger partial charge in [-0.05, 0) is 13.8 Å². The summed E-state index contributed by atoms with van der Waals surface area (Å²) < 4.78 is 7.23. The van der Waals surface area contributed by atoms with Crippen molar-refractivity contribution in [1.82, 2.24) is 25.2 Å². The third kappa shape index (κ3) is 3.69. The van der Waals surface area contributed by atoms with Gasteiger partial charge in [0.05, 0.1) is 5.69 Å². The van der Waals surface area contributed by atoms with Gasteiger partial charge in [0, 0.05) is 29.8 Å². The average molecular weight is 291 g/mol. The fourth-order valence-electron chi connectivity index (χ4n) is 2.14. The molecule has 0 fully saturated rings. The maximum atomic E-state index is 5.29. The standard InChI is InChI=1S/C15H25N5O/c1-9(2)15-17-14(21-19-15)8-20-12(6)13(11(5)18-20)7-16-10(3)4/h9-10,16H,7-8H2,1-6H3. The highest BCUT2D eigenvalue weighted by molar-refractivity contribution is 5.24. The minimum atomic E-state index is 0.272. The molecule has 0 atom stereocenters. The first-order valence-corrected chi connectivity index (χ1v) is 7.47. The molecule has 2 aromatic rings. The van der Waals surface area contributed by atoms with Gasteiger partial charge in [0.15, 0.2) is 5.82 Å². The Morgan fingerprint density at radius 1 is 1.19 bits per heavy atom. The van der Waals surface area contributed by atoms with Crippen molar-refractivity contribution in [3.63, 3.8) is 0 Å². The molecule has 0 saturated heterocycles. The average Bonchev–Trinajstić information content (AvgIpc) is 2.95. The molecule has 2 heterocycles. The van der Waals surface area contributed by atoms with Crippen molar-refractivity contribution in [2.45, 2.75) is 66.6 Å². The second-order valence-corrected chi connectivity index (χ2v) is 6.04. The monoisotopic (exact) mass is 291 g/mol. The third-order valence-electron chi connectivity index (χ3n) is 3.50. The van der Waals surface area contributed by atoms with Gasteiger partial charge in [-0.25, -0.2) is 0 Å². The van der Waals surface area contributed by atoms with E-state index >= 15 is 0 Å². The summed E-state index contributed by atoms with van der Waals surface area (Å²) in [4.78, 5) is 4.41. The van der Waals surface area contributed by atoms with E-state index in [-0.39, 0.29) is 5.92 Å². The number of aromatic nitrogens is 4. The Balaban J connectivity index is 2.14. The minimum Gasteiger partial charge on any atom is -0.337 e. The zero-order valence-electron chi connectivity index (χ0n) is 13.8. The SMILES string of the molecule is Cc1nn(Cc2nc(C(C)C)no2)c(C)c1CNC(C)C. The van der Waals surface area contributed by atoms with Crippen LogP contribution < -0.4 is 5.32 Å². The molecule has 0 spiro atoms. The van der Waals surface area contributed by atoms with Gasteiger partial charge in [0.25, 0.3) is 0 Å². The van der Waals surface area contributed by atoms with Crippen LogP contribution in [-0.2, 0) is 13.1 Å². The zero-order valence-corrected chi connectivity index (χ0v) is 13.8. The Hall–Kier alpha value is -1.69. The highest BCUT2D eigenvalue weighted by Gasteiger charge is 2.15. The fraction of sp³-hybridized carbons (Fsp3) is 0.667. The first kappa shape index (κ1) is 15.7. The predicted molar refractivity (Wildman–Crippen MR) is 81.2 cm³/mol. The maximum absolute atomic E-state index is 5.29. The first-order chi connectivity index (χ1) is 9.88. The quantitative estimate of drug-likeness (QED) is 0.885. The summed E-state index contributed by atoms with van der Waals surface area (Å²) in [6.07, 6.45) is 0. The Kier molecular flexibility index (Phi) is 4.77. The molecular formula is C15H25N5O. The lowest BCUT2D eigenvalue weighted by molar-refractivity contribution is 0.358. The van der Waals surface area contributed by atoms with Gasteiger partial charge in [0.1, 0.15) is 6.54 Å². The molecular weight excluding hydrogens is 266 g/mol. The van der Waals surface area contributed by atoms with Gasteiger partial charge in [-0.1, -0.05) is 32.9 Å². The van der Waals surface area contributed by atoms with Crippen LogP contribution in [-0.4, -0.2) is 26.0 Å². The zero-order chi connectivity index (χ0) is 15.6. The molecule has 0 aliphatic heterocycles. The Morgan fingerprint density at radius 2 is 1.90 bits per heavy atom. The van der Waals surface area contributed by atoms with E-state index in [1.165, 1.54) is 5.56 Å². The second kappa shape index (κ2) is 6.39. The summed E-state index contributed by atoms with van der Waals surface area (Å²) in [5.41, 5.74) is 3.43. The van der Waals surface area contributed by atoms with Crippen molar-refractivity contribution in [2.24, 2.45) is 0 Å². The molecule has 0 radical (unpaired) electrons. The molecule has 0 bridgehead atoms. The Labute approximate surface area is 125 Å². The Morgan fingerprint density at radius 3 is 2.48 bits per heavy atom. The highest BCUT2D eigenvalue weighted by Crippen LogP contribution is 2.15. The van der Waals surface area contributed by atoms with Crippen LogP contribution >= 0.6 is 0 Å². The van der Waals surface area contributed by atoms with Crippen molar-refractivity contribution in [1.29, 1.82) is 0 Å². The number of hydrogen-bond donors (Lipinski definition) is 1. The highest BCUT2D eigenvalue weighted by atomic mass is 16.5. The van der Waals surface area contributed by atoms with Gasteiger partial charge in [0.2, 0.25) is 5.89 Å². The number of nitrogens with zero attached hydrogens (tertiary/aromatic N) is 4. The molecule has 2 rings (SSSR count). The predicted octanol–water partition coefficient (Wildman–Crippen LogP) is 2.55. The van der Waals surface area contributed by atoms with Crippen LogP contribution in [0.4, 0.5) is 0 Å². The van der Waals surface area contributed by atoms with E-state index in [4.69, 9.17) is 4.52 Å². The number of nitrogens with one attached hydrogen (secondary N) is 1. The van der Waals surface area contributed by atoms with Gasteiger partial charge >= 0.3 is 0 Å². The van der Waals surface area contributed by atoms with Gasteiger partial charge in [-0.15, -0.1) is 0 Å². The lowest BCUT2D eigenvalue weighted by atomic mass is 10.2. The van der Waals surface area contributed by atoms with E-state index in [2.05, 4.69) is 41.3 Å². The Bertz CT molecular complexity index is 597. The second-order valence-electron chi connectivity index (χ2n) is 6.04. The molecule has 6 heteroatoms. The fourth-order valence-corrected chi connectivity index (χ4v) is 2.14. The van der Waals surface area contributed by atoms with Crippen LogP contribution in [0.3, 0.4) is 0 Å². The van der Waals surface area contributed by atoms with E-state index in [1.54, 1.807) is 0 Å². The van der Waals surface area contributed by atoms with Gasteiger partial charge in [-0.2, -0.15) is 10.1 Å². The van der Waals surface area contributed by atoms with Crippen molar-refractivity contribution in [3.8, 4) is 0 Å². The van der Waals surface area contributed by atoms with Crippen molar-refractivity contribution in [2.75, 3.05) is 0 Å². The minimum absolute atomic E-state index is 0.272. The normalized spacial score (nSPS) is 11.8. The number of hydrogen-bond acceptors (Lipinski definition) is 5. The molecule has 1 N–H and O–H groups in total. The van der Waals surface area contributed by atoms with E-state index < -0.39 is 0 Å². The molecule has 0 aliphatic carbocycles. The molecule has 0 amide bonds. The summed E-state index contributed by atoms with van der Waals surface area (Å²) in [6, 6.07) is 0.455. The maximum Gasteiger partial charge on any atom is 0.248 e. The van der Waals surface area contributed by atoms with Crippen molar-refractivity contribution >= 4 is 0 Å². The smallest absolute Gasteiger partial charge is 0.248 e. The topological polar surface area (TPSA) is 68.8 Å². The summed E-state index contributed by atoms with van der Waals surface area (Å²) in [5, 5.41) is 12.0. The molecule has 6 nitrogen and oxygen atoms in total. The van der Waals surface area contributed by atoms with Crippen LogP contribution in [0.1, 0.15) is 62.3 Å². The van der Waals surface area contributed by atoms with Crippen LogP contribution in [0.5, 0.6) is 0 Å². The first-order valence-electron chi connectivity index (χ1n) is 7.47. The number of aryl methyl sites for hydroxylation is 1. The summed E-state index contributed by atoms with van der Waals surface area (Å²) >= 11 is 0. The summed E-state index contributed by atoms with van der Waals surface area (Å²) in [6.45, 7) is 13.8. The van der Waals surface area contributed by atoms with Crippen LogP contribution in [0.2, 0.25) is 0 Å². The molecule has 0 aromatic carbocycles. The molecule has 21 heavy (non-hydrogen) atoms. The lowest BCUT2D eigenvalue weighted by Crippen LogP contribution is -2.22. The third-order valence-corrected chi connectivity index (χ3v) is 3.50. The number of rotatable bonds is 6. The summed E-state index contributed by atoms with van der Waals surface area (Å²) in [5.74, 6) is 1.62. The largest absolute Gasteiger partial charge is 0.337 e. The molecule has 116 valence electrons. The van der Waals surface area contributed by atoms with E-state index in [0.717, 1.165) is 23.8 Å². The van der Waals surface area contributed by atoms with Gasteiger partial charge in [-0.3, -0.25) is 4.68 Å².